The Labute approximate surface area is 319 Å². The highest BCUT2D eigenvalue weighted by atomic mass is 32.2. The van der Waals surface area contributed by atoms with E-state index >= 15 is 0 Å². The lowest BCUT2D eigenvalue weighted by Crippen LogP contribution is -2.57. The van der Waals surface area contributed by atoms with Crippen molar-refractivity contribution in [2.45, 2.75) is 63.1 Å². The van der Waals surface area contributed by atoms with E-state index < -0.39 is 32.3 Å². The van der Waals surface area contributed by atoms with E-state index in [9.17, 15) is 19.5 Å². The molecule has 10 heteroatoms. The van der Waals surface area contributed by atoms with Crippen LogP contribution in [0.25, 0.3) is 0 Å². The average molecular weight is 768 g/mol. The first-order valence-electron chi connectivity index (χ1n) is 17.9. The number of benzene rings is 4. The minimum Gasteiger partial charge on any atom is -0.424 e. The van der Waals surface area contributed by atoms with Gasteiger partial charge in [-0.25, -0.2) is 4.79 Å². The smallest absolute Gasteiger partial charge is 0.331 e. The van der Waals surface area contributed by atoms with Crippen LogP contribution in [0.5, 0.6) is 0 Å². The first-order chi connectivity index (χ1) is 25.3. The number of nitrogens with zero attached hydrogens (tertiary/aromatic N) is 1. The Hall–Kier alpha value is -3.98. The van der Waals surface area contributed by atoms with Crippen LogP contribution in [-0.4, -0.2) is 65.7 Å². The van der Waals surface area contributed by atoms with Gasteiger partial charge in [0.05, 0.1) is 12.5 Å². The van der Waals surface area contributed by atoms with Crippen molar-refractivity contribution in [3.05, 3.63) is 139 Å². The number of carbonyl (C=O) groups is 3. The maximum absolute atomic E-state index is 13.8. The minimum atomic E-state index is -2.69. The Morgan fingerprint density at radius 3 is 1.85 bits per heavy atom. The summed E-state index contributed by atoms with van der Waals surface area (Å²) in [5.41, 5.74) is 2.02. The van der Waals surface area contributed by atoms with Crippen molar-refractivity contribution in [2.75, 3.05) is 19.7 Å². The maximum Gasteiger partial charge on any atom is 0.331 e. The third kappa shape index (κ3) is 9.05. The predicted octanol–water partition coefficient (Wildman–Crippen LogP) is 7.00. The molecule has 278 valence electrons. The zero-order valence-electron chi connectivity index (χ0n) is 31.2. The molecule has 1 aliphatic heterocycles. The van der Waals surface area contributed by atoms with Gasteiger partial charge >= 0.3 is 5.97 Å². The lowest BCUT2D eigenvalue weighted by Gasteiger charge is -2.38. The van der Waals surface area contributed by atoms with Gasteiger partial charge in [-0.2, -0.15) is 0 Å². The van der Waals surface area contributed by atoms with Crippen molar-refractivity contribution in [3.8, 4) is 0 Å². The van der Waals surface area contributed by atoms with Gasteiger partial charge in [-0.3, -0.25) is 9.59 Å². The summed E-state index contributed by atoms with van der Waals surface area (Å²) in [5.74, 6) is -1.33. The highest BCUT2D eigenvalue weighted by Gasteiger charge is 2.42. The van der Waals surface area contributed by atoms with Gasteiger partial charge in [-0.1, -0.05) is 154 Å². The van der Waals surface area contributed by atoms with E-state index in [1.165, 1.54) is 4.90 Å². The summed E-state index contributed by atoms with van der Waals surface area (Å²) in [6.07, 6.45) is 2.10. The van der Waals surface area contributed by atoms with Crippen LogP contribution in [0.15, 0.2) is 128 Å². The fraction of sp³-hybridized carbons (Fsp3) is 0.302. The Balaban J connectivity index is 1.33. The molecule has 1 amide bonds. The molecular formula is C43H50NO6PSSi. The van der Waals surface area contributed by atoms with Gasteiger partial charge in [0.25, 0.3) is 0 Å². The summed E-state index contributed by atoms with van der Waals surface area (Å²) in [6, 6.07) is 37.4. The molecule has 5 rings (SSSR count). The van der Waals surface area contributed by atoms with Crippen LogP contribution in [0, 0.1) is 0 Å². The minimum absolute atomic E-state index is 0.0328. The van der Waals surface area contributed by atoms with Crippen molar-refractivity contribution in [2.24, 2.45) is 0 Å². The molecule has 1 aliphatic rings. The summed E-state index contributed by atoms with van der Waals surface area (Å²) < 4.78 is 12.6. The number of rotatable bonds is 15. The third-order valence-corrected chi connectivity index (χ3v) is 20.1. The summed E-state index contributed by atoms with van der Waals surface area (Å²) >= 11 is 1.02. The molecule has 1 unspecified atom stereocenters. The number of hydrogen-bond donors (Lipinski definition) is 1. The molecular weight excluding hydrogens is 718 g/mol. The van der Waals surface area contributed by atoms with Crippen LogP contribution in [0.3, 0.4) is 0 Å². The Morgan fingerprint density at radius 2 is 1.42 bits per heavy atom. The molecule has 0 bridgehead atoms. The lowest BCUT2D eigenvalue weighted by atomic mass is 9.96. The van der Waals surface area contributed by atoms with Crippen LogP contribution in [0.4, 0.5) is 0 Å². The molecule has 1 fully saturated rings. The van der Waals surface area contributed by atoms with E-state index in [0.717, 1.165) is 38.8 Å². The maximum atomic E-state index is 13.8. The topological polar surface area (TPSA) is 93.1 Å². The van der Waals surface area contributed by atoms with Gasteiger partial charge in [0.2, 0.25) is 5.91 Å². The molecule has 2 atom stereocenters. The summed E-state index contributed by atoms with van der Waals surface area (Å²) in [7, 11) is -2.03. The average Bonchev–Trinajstić information content (AvgIpc) is 3.16. The Morgan fingerprint density at radius 1 is 0.906 bits per heavy atom. The summed E-state index contributed by atoms with van der Waals surface area (Å²) in [5, 5.41) is 11.9. The van der Waals surface area contributed by atoms with Gasteiger partial charge in [-0.05, 0) is 57.7 Å². The normalized spacial score (nSPS) is 15.3. The lowest BCUT2D eigenvalue weighted by molar-refractivity contribution is -0.148. The fourth-order valence-electron chi connectivity index (χ4n) is 6.17. The van der Waals surface area contributed by atoms with Crippen molar-refractivity contribution in [3.63, 3.8) is 0 Å². The van der Waals surface area contributed by atoms with E-state index in [0.29, 0.717) is 18.5 Å². The number of ether oxygens (including phenoxy) is 1. The zero-order chi connectivity index (χ0) is 38.2. The number of thioether (sulfide) groups is 1. The monoisotopic (exact) mass is 767 g/mol. The molecule has 1 saturated heterocycles. The molecule has 4 aromatic carbocycles. The number of hydrogen-bond acceptors (Lipinski definition) is 7. The number of aliphatic hydroxyl groups excluding tert-OH is 1. The Kier molecular flexibility index (Phi) is 13.2. The SMILES string of the molecule is C=CC(OC(=O)CN1C[C@H](SC(=O)C(CCO[Si](C)(C)C(C)(C)C)c2ccc(CO)cc2)C1=O)=P(c1ccccc1)(c1ccccc1)c1ccccc1. The van der Waals surface area contributed by atoms with Crippen LogP contribution >= 0.6 is 18.6 Å². The molecule has 1 heterocycles. The second-order valence-corrected chi connectivity index (χ2v) is 24.0. The third-order valence-electron chi connectivity index (χ3n) is 10.2. The first-order valence-corrected chi connectivity index (χ1v) is 23.5. The Bertz CT molecular complexity index is 1840. The largest absolute Gasteiger partial charge is 0.424 e. The van der Waals surface area contributed by atoms with E-state index in [-0.39, 0.29) is 35.8 Å². The molecule has 0 aromatic heterocycles. The van der Waals surface area contributed by atoms with Crippen LogP contribution in [0.2, 0.25) is 18.1 Å². The molecule has 0 saturated carbocycles. The van der Waals surface area contributed by atoms with Crippen molar-refractivity contribution >= 4 is 65.4 Å². The van der Waals surface area contributed by atoms with Crippen LogP contribution < -0.4 is 15.9 Å². The van der Waals surface area contributed by atoms with Gasteiger partial charge in [-0.15, -0.1) is 0 Å². The van der Waals surface area contributed by atoms with E-state index in [1.807, 2.05) is 78.9 Å². The second-order valence-electron chi connectivity index (χ2n) is 14.7. The van der Waals surface area contributed by atoms with Crippen molar-refractivity contribution in [1.29, 1.82) is 0 Å². The molecule has 7 nitrogen and oxygen atoms in total. The van der Waals surface area contributed by atoms with Crippen LogP contribution in [-0.2, 0) is 30.2 Å². The number of likely N-dealkylation sites (tertiary alicyclic amines) is 1. The number of aliphatic hydroxyl groups is 1. The van der Waals surface area contributed by atoms with E-state index in [4.69, 9.17) is 9.16 Å². The summed E-state index contributed by atoms with van der Waals surface area (Å²) in [4.78, 5) is 42.4. The number of esters is 1. The van der Waals surface area contributed by atoms with Gasteiger partial charge in [0, 0.05) is 20.0 Å². The van der Waals surface area contributed by atoms with Crippen molar-refractivity contribution in [1.82, 2.24) is 4.90 Å². The molecule has 0 radical (unpaired) electrons. The van der Waals surface area contributed by atoms with Crippen LogP contribution in [0.1, 0.15) is 44.2 Å². The standard InChI is InChI=1S/C43H50NO6PSSi/c1-7-40(51(34-17-11-8-12-18-34,35-19-13-9-14-20-35)36-21-15-10-16-22-36)50-39(46)30-44-29-38(41(44)47)52-42(48)37(33-25-23-32(31-45)24-26-33)27-28-49-53(5,6)43(2,3)4/h7-26,37-38,45H,1,27-31H2,2-6H3/t37?,38-/m0/s1. The van der Waals surface area contributed by atoms with Gasteiger partial charge in [0.15, 0.2) is 13.4 Å². The highest BCUT2D eigenvalue weighted by Crippen LogP contribution is 2.47. The fourth-order valence-corrected chi connectivity index (χ4v) is 12.5. The molecule has 4 aromatic rings. The number of amides is 1. The highest BCUT2D eigenvalue weighted by molar-refractivity contribution is 8.14. The zero-order valence-corrected chi connectivity index (χ0v) is 33.9. The molecule has 0 aliphatic carbocycles. The van der Waals surface area contributed by atoms with E-state index in [1.54, 1.807) is 6.08 Å². The second kappa shape index (κ2) is 17.4. The number of carbonyl (C=O) groups excluding carboxylic acids is 3. The quantitative estimate of drug-likeness (QED) is 0.0603. The van der Waals surface area contributed by atoms with Gasteiger partial charge < -0.3 is 19.2 Å². The summed E-state index contributed by atoms with van der Waals surface area (Å²) in [6.45, 7) is 12.7. The van der Waals surface area contributed by atoms with Crippen molar-refractivity contribution < 1.29 is 28.7 Å². The first kappa shape index (κ1) is 40.2. The number of β-lactam (4-membered cyclic amide) rings is 1. The molecule has 53 heavy (non-hydrogen) atoms. The van der Waals surface area contributed by atoms with Gasteiger partial charge in [0.1, 0.15) is 17.3 Å². The predicted molar refractivity (Wildman–Crippen MR) is 222 cm³/mol. The molecule has 1 N–H and O–H groups in total. The van der Waals surface area contributed by atoms with E-state index in [2.05, 4.69) is 76.8 Å². The molecule has 0 spiro atoms.